The second-order valence-corrected chi connectivity index (χ2v) is 6.57. The monoisotopic (exact) mass is 387 g/mol. The Morgan fingerprint density at radius 3 is 2.46 bits per heavy atom. The Bertz CT molecular complexity index is 1210. The average molecular weight is 388 g/mol. The predicted octanol–water partition coefficient (Wildman–Crippen LogP) is 5.56. The fourth-order valence-corrected chi connectivity index (χ4v) is 3.33. The van der Waals surface area contributed by atoms with Crippen LogP contribution in [0.25, 0.3) is 33.7 Å². The molecular formula is C22H18ClN5. The number of nitrogens with zero attached hydrogens (tertiary/aromatic N) is 5. The molecule has 0 saturated heterocycles. The van der Waals surface area contributed by atoms with Crippen molar-refractivity contribution < 1.29 is 0 Å². The number of fused-ring (bicyclic) bond motifs is 1. The summed E-state index contributed by atoms with van der Waals surface area (Å²) in [5.74, 6) is 0.777. The first-order valence-corrected chi connectivity index (χ1v) is 8.85. The predicted molar refractivity (Wildman–Crippen MR) is 113 cm³/mol. The number of benzene rings is 1. The second kappa shape index (κ2) is 7.29. The summed E-state index contributed by atoms with van der Waals surface area (Å²) < 4.78 is 3.91. The molecule has 0 aliphatic carbocycles. The van der Waals surface area contributed by atoms with Gasteiger partial charge in [0.15, 0.2) is 5.82 Å². The minimum atomic E-state index is 0. The van der Waals surface area contributed by atoms with E-state index in [2.05, 4.69) is 31.8 Å². The third-order valence-corrected chi connectivity index (χ3v) is 4.73. The molecule has 0 aliphatic heterocycles. The Kier molecular flexibility index (Phi) is 4.67. The van der Waals surface area contributed by atoms with Crippen molar-refractivity contribution in [3.63, 3.8) is 0 Å². The van der Waals surface area contributed by atoms with Gasteiger partial charge < -0.3 is 4.57 Å². The van der Waals surface area contributed by atoms with Crippen LogP contribution in [-0.2, 0) is 0 Å². The van der Waals surface area contributed by atoms with Crippen molar-refractivity contribution in [1.82, 2.24) is 24.3 Å². The van der Waals surface area contributed by atoms with Crippen molar-refractivity contribution in [2.75, 3.05) is 0 Å². The van der Waals surface area contributed by atoms with Gasteiger partial charge in [-0.15, -0.1) is 0 Å². The number of hydrogen-bond donors (Lipinski definition) is 0. The van der Waals surface area contributed by atoms with Gasteiger partial charge in [-0.25, -0.2) is 9.67 Å². The van der Waals surface area contributed by atoms with E-state index in [9.17, 15) is 0 Å². The molecule has 0 radical (unpaired) electrons. The molecule has 1 aromatic carbocycles. The van der Waals surface area contributed by atoms with Gasteiger partial charge in [0.2, 0.25) is 0 Å². The van der Waals surface area contributed by atoms with Gasteiger partial charge in [0.05, 0.1) is 17.4 Å². The molecule has 0 unspecified atom stereocenters. The Morgan fingerprint density at radius 1 is 0.893 bits per heavy atom. The second-order valence-electron chi connectivity index (χ2n) is 6.13. The molecule has 138 valence electrons. The number of pyridine rings is 2. The van der Waals surface area contributed by atoms with E-state index in [0.29, 0.717) is 5.02 Å². The van der Waals surface area contributed by atoms with Crippen LogP contribution in [0.1, 0.15) is 7.43 Å². The number of hydrogen-bond acceptors (Lipinski definition) is 3. The highest BCUT2D eigenvalue weighted by Gasteiger charge is 2.13. The summed E-state index contributed by atoms with van der Waals surface area (Å²) in [6.45, 7) is 0. The number of aromatic nitrogens is 5. The van der Waals surface area contributed by atoms with Gasteiger partial charge in [0, 0.05) is 46.4 Å². The molecule has 0 amide bonds. The van der Waals surface area contributed by atoms with Gasteiger partial charge in [0.1, 0.15) is 0 Å². The molecule has 0 fully saturated rings. The molecule has 0 aliphatic rings. The zero-order valence-electron chi connectivity index (χ0n) is 14.2. The van der Waals surface area contributed by atoms with Crippen LogP contribution in [0.3, 0.4) is 0 Å². The Morgan fingerprint density at radius 2 is 1.75 bits per heavy atom. The summed E-state index contributed by atoms with van der Waals surface area (Å²) in [6, 6.07) is 17.8. The van der Waals surface area contributed by atoms with Gasteiger partial charge in [-0.1, -0.05) is 19.0 Å². The zero-order chi connectivity index (χ0) is 18.2. The normalized spacial score (nSPS) is 10.8. The molecule has 0 spiro atoms. The number of halogens is 1. The maximum Gasteiger partial charge on any atom is 0.153 e. The summed E-state index contributed by atoms with van der Waals surface area (Å²) in [7, 11) is 0. The minimum absolute atomic E-state index is 0. The molecule has 5 rings (SSSR count). The van der Waals surface area contributed by atoms with Crippen molar-refractivity contribution in [3.05, 3.63) is 90.6 Å². The van der Waals surface area contributed by atoms with Crippen molar-refractivity contribution >= 4 is 22.5 Å². The smallest absolute Gasteiger partial charge is 0.153 e. The van der Waals surface area contributed by atoms with Gasteiger partial charge >= 0.3 is 0 Å². The molecule has 0 atom stereocenters. The summed E-state index contributed by atoms with van der Waals surface area (Å²) in [6.07, 6.45) is 9.15. The first kappa shape index (κ1) is 17.9. The minimum Gasteiger partial charge on any atom is -0.308 e. The summed E-state index contributed by atoms with van der Waals surface area (Å²) in [5, 5.41) is 6.05. The van der Waals surface area contributed by atoms with E-state index in [0.717, 1.165) is 33.7 Å². The SMILES string of the molecule is C.Clc1ccc(-n2c(-c3ccc(-n4cccn4)nc3)cc3ccncc32)cc1. The largest absolute Gasteiger partial charge is 0.308 e. The Labute approximate surface area is 167 Å². The lowest BCUT2D eigenvalue weighted by Crippen LogP contribution is -1.99. The maximum absolute atomic E-state index is 6.07. The topological polar surface area (TPSA) is 48.5 Å². The zero-order valence-corrected chi connectivity index (χ0v) is 15.0. The molecule has 4 heterocycles. The maximum atomic E-state index is 6.07. The van der Waals surface area contributed by atoms with Crippen LogP contribution < -0.4 is 0 Å². The van der Waals surface area contributed by atoms with Crippen molar-refractivity contribution in [2.45, 2.75) is 7.43 Å². The van der Waals surface area contributed by atoms with Gasteiger partial charge in [-0.2, -0.15) is 5.10 Å². The molecule has 0 bridgehead atoms. The lowest BCUT2D eigenvalue weighted by molar-refractivity contribution is 0.847. The lowest BCUT2D eigenvalue weighted by Gasteiger charge is -2.11. The molecule has 4 aromatic heterocycles. The molecule has 28 heavy (non-hydrogen) atoms. The molecule has 6 heteroatoms. The van der Waals surface area contributed by atoms with Crippen LogP contribution in [0.15, 0.2) is 85.6 Å². The van der Waals surface area contributed by atoms with Gasteiger partial charge in [-0.3, -0.25) is 4.98 Å². The van der Waals surface area contributed by atoms with Crippen LogP contribution in [0, 0.1) is 0 Å². The third kappa shape index (κ3) is 3.06. The molecule has 0 saturated carbocycles. The standard InChI is InChI=1S/C21H14ClN5.CH4/c22-17-3-5-18(6-4-17)27-19(12-15-8-10-23-14-20(15)27)16-2-7-21(24-13-16)26-11-1-9-25-26;/h1-14H;1H4. The van der Waals surface area contributed by atoms with Crippen LogP contribution in [0.4, 0.5) is 0 Å². The van der Waals surface area contributed by atoms with Crippen LogP contribution in [0.2, 0.25) is 5.02 Å². The quantitative estimate of drug-likeness (QED) is 0.407. The van der Waals surface area contributed by atoms with Crippen molar-refractivity contribution in [3.8, 4) is 22.8 Å². The Hall–Kier alpha value is -3.44. The first-order chi connectivity index (χ1) is 13.3. The van der Waals surface area contributed by atoms with E-state index in [4.69, 9.17) is 11.6 Å². The van der Waals surface area contributed by atoms with Crippen molar-refractivity contribution in [2.24, 2.45) is 0 Å². The first-order valence-electron chi connectivity index (χ1n) is 8.47. The van der Waals surface area contributed by atoms with Gasteiger partial charge in [0.25, 0.3) is 0 Å². The average Bonchev–Trinajstić information content (AvgIpc) is 3.37. The van der Waals surface area contributed by atoms with Crippen LogP contribution in [0.5, 0.6) is 0 Å². The van der Waals surface area contributed by atoms with Gasteiger partial charge in [-0.05, 0) is 54.6 Å². The van der Waals surface area contributed by atoms with E-state index in [1.807, 2.05) is 61.1 Å². The molecular weight excluding hydrogens is 370 g/mol. The van der Waals surface area contributed by atoms with E-state index < -0.39 is 0 Å². The fourth-order valence-electron chi connectivity index (χ4n) is 3.21. The molecule has 5 aromatic rings. The van der Waals surface area contributed by atoms with Crippen LogP contribution >= 0.6 is 11.6 Å². The summed E-state index contributed by atoms with van der Waals surface area (Å²) in [4.78, 5) is 8.86. The Balaban J connectivity index is 0.00000192. The third-order valence-electron chi connectivity index (χ3n) is 4.47. The fraction of sp³-hybridized carbons (Fsp3) is 0.0455. The molecule has 5 nitrogen and oxygen atoms in total. The summed E-state index contributed by atoms with van der Waals surface area (Å²) in [5.41, 5.74) is 4.11. The van der Waals surface area contributed by atoms with Crippen LogP contribution in [-0.4, -0.2) is 24.3 Å². The van der Waals surface area contributed by atoms with E-state index >= 15 is 0 Å². The number of rotatable bonds is 3. The highest BCUT2D eigenvalue weighted by molar-refractivity contribution is 6.30. The van der Waals surface area contributed by atoms with E-state index in [-0.39, 0.29) is 7.43 Å². The highest BCUT2D eigenvalue weighted by Crippen LogP contribution is 2.31. The van der Waals surface area contributed by atoms with E-state index in [1.165, 1.54) is 0 Å². The summed E-state index contributed by atoms with van der Waals surface area (Å²) >= 11 is 6.07. The highest BCUT2D eigenvalue weighted by atomic mass is 35.5. The van der Waals surface area contributed by atoms with E-state index in [1.54, 1.807) is 17.1 Å². The molecule has 0 N–H and O–H groups in total. The van der Waals surface area contributed by atoms with Crippen molar-refractivity contribution in [1.29, 1.82) is 0 Å². The lowest BCUT2D eigenvalue weighted by atomic mass is 10.2.